The summed E-state index contributed by atoms with van der Waals surface area (Å²) in [6, 6.07) is 13.0. The highest BCUT2D eigenvalue weighted by Gasteiger charge is 2.16. The Bertz CT molecular complexity index is 1030. The van der Waals surface area contributed by atoms with Crippen LogP contribution in [0, 0.1) is 0 Å². The van der Waals surface area contributed by atoms with Crippen LogP contribution in [0.15, 0.2) is 42.5 Å². The van der Waals surface area contributed by atoms with Gasteiger partial charge in [0.05, 0.1) is 23.4 Å². The molecule has 1 unspecified atom stereocenters. The summed E-state index contributed by atoms with van der Waals surface area (Å²) >= 11 is 1.62. The molecule has 0 radical (unpaired) electrons. The molecular formula is C20H21N3O3S2. The standard InChI is InChI=1S/C20H21N3O3S2/c1-28(25)13-14-3-2-4-15(11-14)19(24)21-16-5-6-17-18(12-16)27-20(22-17)23-7-9-26-10-8-23/h2-6,11-12H,7-10,13H2,1H3,(H,21,24). The molecule has 1 fully saturated rings. The quantitative estimate of drug-likeness (QED) is 0.693. The van der Waals surface area contributed by atoms with E-state index in [-0.39, 0.29) is 5.91 Å². The Morgan fingerprint density at radius 1 is 1.25 bits per heavy atom. The van der Waals surface area contributed by atoms with Crippen molar-refractivity contribution in [3.63, 3.8) is 0 Å². The normalized spacial score (nSPS) is 15.5. The smallest absolute Gasteiger partial charge is 0.255 e. The Labute approximate surface area is 170 Å². The van der Waals surface area contributed by atoms with E-state index in [1.807, 2.05) is 30.3 Å². The van der Waals surface area contributed by atoms with Gasteiger partial charge in [-0.2, -0.15) is 0 Å². The van der Waals surface area contributed by atoms with E-state index in [0.717, 1.165) is 52.9 Å². The number of hydrogen-bond donors (Lipinski definition) is 1. The van der Waals surface area contributed by atoms with Gasteiger partial charge in [-0.15, -0.1) is 0 Å². The SMILES string of the molecule is CS(=O)Cc1cccc(C(=O)Nc2ccc3nc(N4CCOCC4)sc3c2)c1. The minimum absolute atomic E-state index is 0.180. The fourth-order valence-corrected chi connectivity index (χ4v) is 4.83. The van der Waals surface area contributed by atoms with Gasteiger partial charge in [0.25, 0.3) is 5.91 Å². The number of amides is 1. The van der Waals surface area contributed by atoms with Crippen LogP contribution >= 0.6 is 11.3 Å². The van der Waals surface area contributed by atoms with Gasteiger partial charge < -0.3 is 15.0 Å². The second-order valence-corrected chi connectivity index (χ2v) is 9.09. The first-order valence-corrected chi connectivity index (χ1v) is 11.6. The molecule has 1 aromatic heterocycles. The van der Waals surface area contributed by atoms with Gasteiger partial charge in [0, 0.05) is 47.1 Å². The Hall–Kier alpha value is -2.29. The van der Waals surface area contributed by atoms with E-state index in [2.05, 4.69) is 10.2 Å². The number of carbonyl (C=O) groups excluding carboxylic acids is 1. The minimum atomic E-state index is -0.941. The highest BCUT2D eigenvalue weighted by molar-refractivity contribution is 7.83. The topological polar surface area (TPSA) is 71.5 Å². The summed E-state index contributed by atoms with van der Waals surface area (Å²) in [6.07, 6.45) is 1.65. The van der Waals surface area contributed by atoms with Crippen molar-refractivity contribution in [2.24, 2.45) is 0 Å². The molecule has 2 aromatic carbocycles. The van der Waals surface area contributed by atoms with Crippen molar-refractivity contribution in [2.45, 2.75) is 5.75 Å². The summed E-state index contributed by atoms with van der Waals surface area (Å²) in [5.41, 5.74) is 3.11. The third-order valence-electron chi connectivity index (χ3n) is 4.48. The number of fused-ring (bicyclic) bond motifs is 1. The lowest BCUT2D eigenvalue weighted by Crippen LogP contribution is -2.36. The Morgan fingerprint density at radius 3 is 2.86 bits per heavy atom. The predicted octanol–water partition coefficient (Wildman–Crippen LogP) is 3.26. The zero-order valence-corrected chi connectivity index (χ0v) is 17.1. The molecule has 0 saturated carbocycles. The van der Waals surface area contributed by atoms with Crippen LogP contribution in [0.1, 0.15) is 15.9 Å². The van der Waals surface area contributed by atoms with Crippen LogP contribution in [0.2, 0.25) is 0 Å². The number of anilines is 2. The lowest BCUT2D eigenvalue weighted by atomic mass is 10.1. The minimum Gasteiger partial charge on any atom is -0.378 e. The summed E-state index contributed by atoms with van der Waals surface area (Å²) in [4.78, 5) is 19.6. The molecule has 2 heterocycles. The van der Waals surface area contributed by atoms with Crippen LogP contribution < -0.4 is 10.2 Å². The van der Waals surface area contributed by atoms with Crippen LogP contribution in [-0.2, 0) is 21.3 Å². The molecule has 0 spiro atoms. The van der Waals surface area contributed by atoms with Crippen molar-refractivity contribution in [2.75, 3.05) is 42.8 Å². The van der Waals surface area contributed by atoms with E-state index in [9.17, 15) is 9.00 Å². The number of morpholine rings is 1. The highest BCUT2D eigenvalue weighted by Crippen LogP contribution is 2.31. The maximum Gasteiger partial charge on any atom is 0.255 e. The van der Waals surface area contributed by atoms with Crippen molar-refractivity contribution >= 4 is 49.1 Å². The third-order valence-corrected chi connectivity index (χ3v) is 6.29. The Morgan fingerprint density at radius 2 is 2.07 bits per heavy atom. The van der Waals surface area contributed by atoms with Crippen LogP contribution in [0.3, 0.4) is 0 Å². The van der Waals surface area contributed by atoms with Gasteiger partial charge in [0.15, 0.2) is 5.13 Å². The van der Waals surface area contributed by atoms with E-state index < -0.39 is 10.8 Å². The molecule has 1 N–H and O–H groups in total. The van der Waals surface area contributed by atoms with Crippen molar-refractivity contribution < 1.29 is 13.7 Å². The van der Waals surface area contributed by atoms with Crippen LogP contribution in [0.25, 0.3) is 10.2 Å². The van der Waals surface area contributed by atoms with Crippen molar-refractivity contribution in [1.82, 2.24) is 4.98 Å². The predicted molar refractivity (Wildman–Crippen MR) is 115 cm³/mol. The second kappa shape index (κ2) is 8.38. The number of aromatic nitrogens is 1. The molecule has 8 heteroatoms. The van der Waals surface area contributed by atoms with Gasteiger partial charge in [-0.25, -0.2) is 4.98 Å². The summed E-state index contributed by atoms with van der Waals surface area (Å²) in [6.45, 7) is 3.15. The van der Waals surface area contributed by atoms with Gasteiger partial charge in [0.2, 0.25) is 0 Å². The zero-order chi connectivity index (χ0) is 19.5. The van der Waals surface area contributed by atoms with E-state index in [0.29, 0.717) is 11.3 Å². The number of carbonyl (C=O) groups is 1. The molecule has 28 heavy (non-hydrogen) atoms. The summed E-state index contributed by atoms with van der Waals surface area (Å²) in [7, 11) is -0.941. The average molecular weight is 416 g/mol. The molecule has 0 bridgehead atoms. The number of rotatable bonds is 5. The molecule has 1 aliphatic heterocycles. The number of nitrogens with one attached hydrogen (secondary N) is 1. The van der Waals surface area contributed by atoms with E-state index in [4.69, 9.17) is 9.72 Å². The monoisotopic (exact) mass is 415 g/mol. The van der Waals surface area contributed by atoms with Gasteiger partial charge >= 0.3 is 0 Å². The summed E-state index contributed by atoms with van der Waals surface area (Å²) in [5.74, 6) is 0.263. The average Bonchev–Trinajstić information content (AvgIpc) is 3.12. The van der Waals surface area contributed by atoms with Crippen LogP contribution in [0.4, 0.5) is 10.8 Å². The number of benzene rings is 2. The molecule has 1 aliphatic rings. The van der Waals surface area contributed by atoms with Gasteiger partial charge in [-0.05, 0) is 35.9 Å². The Kier molecular flexibility index (Phi) is 5.70. The van der Waals surface area contributed by atoms with E-state index >= 15 is 0 Å². The number of thiazole rings is 1. The molecule has 1 atom stereocenters. The highest BCUT2D eigenvalue weighted by atomic mass is 32.2. The molecule has 1 saturated heterocycles. The first-order valence-electron chi connectivity index (χ1n) is 9.02. The largest absolute Gasteiger partial charge is 0.378 e. The lowest BCUT2D eigenvalue weighted by molar-refractivity contribution is 0.102. The first kappa shape index (κ1) is 19.0. The van der Waals surface area contributed by atoms with Crippen molar-refractivity contribution in [1.29, 1.82) is 0 Å². The van der Waals surface area contributed by atoms with Gasteiger partial charge in [-0.3, -0.25) is 9.00 Å². The first-order chi connectivity index (χ1) is 13.6. The van der Waals surface area contributed by atoms with E-state index in [1.165, 1.54) is 0 Å². The molecule has 3 aromatic rings. The maximum atomic E-state index is 12.6. The Balaban J connectivity index is 1.51. The fraction of sp³-hybridized carbons (Fsp3) is 0.300. The van der Waals surface area contributed by atoms with Crippen molar-refractivity contribution in [3.8, 4) is 0 Å². The third kappa shape index (κ3) is 4.40. The lowest BCUT2D eigenvalue weighted by Gasteiger charge is -2.25. The van der Waals surface area contributed by atoms with Gasteiger partial charge in [0.1, 0.15) is 0 Å². The van der Waals surface area contributed by atoms with Crippen molar-refractivity contribution in [3.05, 3.63) is 53.6 Å². The molecule has 6 nitrogen and oxygen atoms in total. The fourth-order valence-electron chi connectivity index (χ4n) is 3.12. The molecule has 4 rings (SSSR count). The molecular weight excluding hydrogens is 394 g/mol. The van der Waals surface area contributed by atoms with E-state index in [1.54, 1.807) is 29.7 Å². The number of hydrogen-bond acceptors (Lipinski definition) is 6. The zero-order valence-electron chi connectivity index (χ0n) is 15.5. The van der Waals surface area contributed by atoms with Crippen LogP contribution in [-0.4, -0.2) is 47.7 Å². The number of ether oxygens (including phenoxy) is 1. The van der Waals surface area contributed by atoms with Crippen LogP contribution in [0.5, 0.6) is 0 Å². The maximum absolute atomic E-state index is 12.6. The molecule has 146 valence electrons. The summed E-state index contributed by atoms with van der Waals surface area (Å²) in [5, 5.41) is 3.94. The molecule has 1 amide bonds. The summed E-state index contributed by atoms with van der Waals surface area (Å²) < 4.78 is 17.9. The number of nitrogens with zero attached hydrogens (tertiary/aromatic N) is 2. The molecule has 0 aliphatic carbocycles. The van der Waals surface area contributed by atoms with Gasteiger partial charge in [-0.1, -0.05) is 23.5 Å². The second-order valence-electron chi connectivity index (χ2n) is 6.65.